The molecule has 1 aromatic carbocycles. The van der Waals surface area contributed by atoms with Crippen molar-refractivity contribution in [3.63, 3.8) is 0 Å². The maximum atomic E-state index is 12.4. The van der Waals surface area contributed by atoms with Gasteiger partial charge in [0.05, 0.1) is 12.5 Å². The molecule has 6 nitrogen and oxygen atoms in total. The molecule has 1 saturated heterocycles. The lowest BCUT2D eigenvalue weighted by molar-refractivity contribution is -0.130. The summed E-state index contributed by atoms with van der Waals surface area (Å²) in [6.07, 6.45) is -0.182. The van der Waals surface area contributed by atoms with Gasteiger partial charge in [0, 0.05) is 25.6 Å². The Labute approximate surface area is 143 Å². The maximum absolute atomic E-state index is 12.4. The standard InChI is InChI=1S/C18H27N3O3/c1-12(2)17(18(24)20-10-14-9-19-11-15(14)22)21-16(23)8-13-6-4-3-5-7-13/h3-7,12,14-15,17,19,22H,8-11H2,1-2H3,(H,20,24)(H,21,23). The van der Waals surface area contributed by atoms with Gasteiger partial charge in [-0.2, -0.15) is 0 Å². The highest BCUT2D eigenvalue weighted by molar-refractivity contribution is 5.88. The summed E-state index contributed by atoms with van der Waals surface area (Å²) >= 11 is 0. The first kappa shape index (κ1) is 18.4. The Morgan fingerprint density at radius 2 is 1.96 bits per heavy atom. The van der Waals surface area contributed by atoms with Crippen LogP contribution in [0.15, 0.2) is 30.3 Å². The van der Waals surface area contributed by atoms with E-state index in [1.54, 1.807) is 0 Å². The van der Waals surface area contributed by atoms with E-state index in [4.69, 9.17) is 0 Å². The zero-order valence-corrected chi connectivity index (χ0v) is 14.3. The molecule has 0 aromatic heterocycles. The number of aliphatic hydroxyl groups excluding tert-OH is 1. The van der Waals surface area contributed by atoms with Gasteiger partial charge in [0.1, 0.15) is 6.04 Å². The normalized spacial score (nSPS) is 21.5. The molecule has 3 unspecified atom stereocenters. The molecule has 1 aliphatic heterocycles. The van der Waals surface area contributed by atoms with Crippen LogP contribution >= 0.6 is 0 Å². The summed E-state index contributed by atoms with van der Waals surface area (Å²) in [5, 5.41) is 18.5. The summed E-state index contributed by atoms with van der Waals surface area (Å²) in [6, 6.07) is 8.87. The molecule has 6 heteroatoms. The first-order valence-electron chi connectivity index (χ1n) is 8.47. The lowest BCUT2D eigenvalue weighted by atomic mass is 10.0. The van der Waals surface area contributed by atoms with Crippen LogP contribution < -0.4 is 16.0 Å². The highest BCUT2D eigenvalue weighted by atomic mass is 16.3. The van der Waals surface area contributed by atoms with Crippen molar-refractivity contribution in [1.29, 1.82) is 0 Å². The number of benzene rings is 1. The van der Waals surface area contributed by atoms with Gasteiger partial charge in [0.25, 0.3) is 0 Å². The molecule has 0 aliphatic carbocycles. The van der Waals surface area contributed by atoms with Crippen LogP contribution in [0, 0.1) is 11.8 Å². The largest absolute Gasteiger partial charge is 0.391 e. The van der Waals surface area contributed by atoms with Gasteiger partial charge in [-0.1, -0.05) is 44.2 Å². The van der Waals surface area contributed by atoms with Crippen molar-refractivity contribution < 1.29 is 14.7 Å². The average molecular weight is 333 g/mol. The summed E-state index contributed by atoms with van der Waals surface area (Å²) in [6.45, 7) is 5.46. The number of hydrogen-bond donors (Lipinski definition) is 4. The first-order valence-corrected chi connectivity index (χ1v) is 8.47. The summed E-state index contributed by atoms with van der Waals surface area (Å²) in [4.78, 5) is 24.6. The molecule has 4 N–H and O–H groups in total. The molecular weight excluding hydrogens is 306 g/mol. The highest BCUT2D eigenvalue weighted by Crippen LogP contribution is 2.08. The number of rotatable bonds is 7. The topological polar surface area (TPSA) is 90.5 Å². The smallest absolute Gasteiger partial charge is 0.242 e. The fourth-order valence-electron chi connectivity index (χ4n) is 2.81. The lowest BCUT2D eigenvalue weighted by Gasteiger charge is -2.23. The Balaban J connectivity index is 1.86. The molecule has 1 aliphatic rings. The number of carbonyl (C=O) groups excluding carboxylic acids is 2. The molecule has 0 spiro atoms. The van der Waals surface area contributed by atoms with Crippen LogP contribution in [0.25, 0.3) is 0 Å². The summed E-state index contributed by atoms with van der Waals surface area (Å²) in [5.41, 5.74) is 0.915. The molecule has 1 fully saturated rings. The molecule has 2 amide bonds. The SMILES string of the molecule is CC(C)C(NC(=O)Cc1ccccc1)C(=O)NCC1CNCC1O. The number of carbonyl (C=O) groups is 2. The molecule has 3 atom stereocenters. The third kappa shape index (κ3) is 5.32. The van der Waals surface area contributed by atoms with Crippen LogP contribution in [0.1, 0.15) is 19.4 Å². The molecule has 1 aromatic rings. The molecule has 1 heterocycles. The molecule has 2 rings (SSSR count). The Kier molecular flexibility index (Phi) is 6.75. The second kappa shape index (κ2) is 8.80. The van der Waals surface area contributed by atoms with Crippen molar-refractivity contribution in [2.45, 2.75) is 32.4 Å². The molecule has 0 radical (unpaired) electrons. The molecule has 132 valence electrons. The lowest BCUT2D eigenvalue weighted by Crippen LogP contribution is -2.51. The highest BCUT2D eigenvalue weighted by Gasteiger charge is 2.28. The molecule has 0 saturated carbocycles. The minimum Gasteiger partial charge on any atom is -0.391 e. The fraction of sp³-hybridized carbons (Fsp3) is 0.556. The van der Waals surface area contributed by atoms with Crippen molar-refractivity contribution in [1.82, 2.24) is 16.0 Å². The van der Waals surface area contributed by atoms with Gasteiger partial charge in [0.2, 0.25) is 11.8 Å². The number of β-amino-alcohol motifs (C(OH)–C–C–N with tert-alkyl or cyclic N) is 1. The van der Waals surface area contributed by atoms with Crippen LogP contribution in [0.4, 0.5) is 0 Å². The Bertz CT molecular complexity index is 548. The van der Waals surface area contributed by atoms with E-state index < -0.39 is 12.1 Å². The second-order valence-electron chi connectivity index (χ2n) is 6.68. The van der Waals surface area contributed by atoms with Crippen molar-refractivity contribution in [2.24, 2.45) is 11.8 Å². The first-order chi connectivity index (χ1) is 11.5. The number of hydrogen-bond acceptors (Lipinski definition) is 4. The van der Waals surface area contributed by atoms with E-state index in [-0.39, 0.29) is 30.1 Å². The molecular formula is C18H27N3O3. The van der Waals surface area contributed by atoms with Crippen LogP contribution in [0.2, 0.25) is 0 Å². The van der Waals surface area contributed by atoms with E-state index in [0.717, 1.165) is 5.56 Å². The van der Waals surface area contributed by atoms with Crippen LogP contribution in [0.3, 0.4) is 0 Å². The predicted molar refractivity (Wildman–Crippen MR) is 92.3 cm³/mol. The van der Waals surface area contributed by atoms with Gasteiger partial charge < -0.3 is 21.1 Å². The number of amides is 2. The second-order valence-corrected chi connectivity index (χ2v) is 6.68. The van der Waals surface area contributed by atoms with E-state index in [2.05, 4.69) is 16.0 Å². The number of aliphatic hydroxyl groups is 1. The quantitative estimate of drug-likeness (QED) is 0.568. The number of nitrogens with one attached hydrogen (secondary N) is 3. The van der Waals surface area contributed by atoms with E-state index in [1.165, 1.54) is 0 Å². The summed E-state index contributed by atoms with van der Waals surface area (Å²) < 4.78 is 0. The minimum absolute atomic E-state index is 0.0155. The van der Waals surface area contributed by atoms with E-state index >= 15 is 0 Å². The zero-order chi connectivity index (χ0) is 17.5. The Morgan fingerprint density at radius 3 is 2.54 bits per heavy atom. The van der Waals surface area contributed by atoms with Gasteiger partial charge in [-0.3, -0.25) is 9.59 Å². The van der Waals surface area contributed by atoms with Crippen molar-refractivity contribution in [3.05, 3.63) is 35.9 Å². The van der Waals surface area contributed by atoms with E-state index in [9.17, 15) is 14.7 Å². The van der Waals surface area contributed by atoms with Crippen LogP contribution in [0.5, 0.6) is 0 Å². The van der Waals surface area contributed by atoms with Crippen molar-refractivity contribution >= 4 is 11.8 Å². The van der Waals surface area contributed by atoms with Crippen LogP contribution in [-0.4, -0.2) is 48.7 Å². The average Bonchev–Trinajstić information content (AvgIpc) is 2.96. The minimum atomic E-state index is -0.576. The third-order valence-corrected chi connectivity index (χ3v) is 4.32. The molecule has 0 bridgehead atoms. The van der Waals surface area contributed by atoms with Gasteiger partial charge in [-0.05, 0) is 11.5 Å². The fourth-order valence-corrected chi connectivity index (χ4v) is 2.81. The molecule has 24 heavy (non-hydrogen) atoms. The van der Waals surface area contributed by atoms with E-state index in [0.29, 0.717) is 19.6 Å². The van der Waals surface area contributed by atoms with Gasteiger partial charge in [-0.25, -0.2) is 0 Å². The van der Waals surface area contributed by atoms with E-state index in [1.807, 2.05) is 44.2 Å². The summed E-state index contributed by atoms with van der Waals surface area (Å²) in [7, 11) is 0. The summed E-state index contributed by atoms with van der Waals surface area (Å²) in [5.74, 6) is -0.374. The van der Waals surface area contributed by atoms with Gasteiger partial charge >= 0.3 is 0 Å². The monoisotopic (exact) mass is 333 g/mol. The Hall–Kier alpha value is -1.92. The van der Waals surface area contributed by atoms with Gasteiger partial charge in [-0.15, -0.1) is 0 Å². The van der Waals surface area contributed by atoms with Gasteiger partial charge in [0.15, 0.2) is 0 Å². The maximum Gasteiger partial charge on any atom is 0.242 e. The zero-order valence-electron chi connectivity index (χ0n) is 14.3. The van der Waals surface area contributed by atoms with Crippen LogP contribution in [-0.2, 0) is 16.0 Å². The third-order valence-electron chi connectivity index (χ3n) is 4.32. The van der Waals surface area contributed by atoms with Crippen molar-refractivity contribution in [3.8, 4) is 0 Å². The predicted octanol–water partition coefficient (Wildman–Crippen LogP) is 0.0664. The van der Waals surface area contributed by atoms with Crippen molar-refractivity contribution in [2.75, 3.05) is 19.6 Å². The Morgan fingerprint density at radius 1 is 1.25 bits per heavy atom.